The van der Waals surface area contributed by atoms with Crippen LogP contribution in [0, 0.1) is 0 Å². The van der Waals surface area contributed by atoms with Gasteiger partial charge in [-0.3, -0.25) is 0 Å². The first-order chi connectivity index (χ1) is 11.7. The quantitative estimate of drug-likeness (QED) is 0.634. The summed E-state index contributed by atoms with van der Waals surface area (Å²) in [6.45, 7) is 7.51. The lowest BCUT2D eigenvalue weighted by Gasteiger charge is -2.39. The summed E-state index contributed by atoms with van der Waals surface area (Å²) in [6.07, 6.45) is 0. The Hall–Kier alpha value is -1.47. The highest BCUT2D eigenvalue weighted by Gasteiger charge is 2.40. The first-order valence-corrected chi connectivity index (χ1v) is 10.3. The molecule has 0 radical (unpaired) electrons. The SMILES string of the molecule is CCNC(=NCc1ccc(Cl)cc1OC)N1CCS(=O)(=O)C(C)(C)C1. The zero-order valence-electron chi connectivity index (χ0n) is 15.2. The van der Waals surface area contributed by atoms with Crippen LogP contribution in [-0.4, -0.2) is 56.5 Å². The molecule has 0 atom stereocenters. The molecule has 25 heavy (non-hydrogen) atoms. The third-order valence-electron chi connectivity index (χ3n) is 4.33. The Morgan fingerprint density at radius 2 is 2.16 bits per heavy atom. The van der Waals surface area contributed by atoms with Crippen molar-refractivity contribution in [2.45, 2.75) is 32.1 Å². The Kier molecular flexibility index (Phi) is 6.21. The number of methoxy groups -OCH3 is 1. The van der Waals surface area contributed by atoms with E-state index in [1.807, 2.05) is 17.9 Å². The molecular weight excluding hydrogens is 362 g/mol. The number of halogens is 1. The van der Waals surface area contributed by atoms with E-state index in [0.717, 1.165) is 5.56 Å². The van der Waals surface area contributed by atoms with E-state index in [-0.39, 0.29) is 5.75 Å². The zero-order chi connectivity index (χ0) is 18.7. The summed E-state index contributed by atoms with van der Waals surface area (Å²) < 4.78 is 29.0. The van der Waals surface area contributed by atoms with Gasteiger partial charge in [-0.25, -0.2) is 13.4 Å². The first kappa shape index (κ1) is 19.8. The van der Waals surface area contributed by atoms with Crippen LogP contribution >= 0.6 is 11.6 Å². The minimum absolute atomic E-state index is 0.134. The van der Waals surface area contributed by atoms with Crippen molar-refractivity contribution in [2.24, 2.45) is 4.99 Å². The van der Waals surface area contributed by atoms with Gasteiger partial charge in [0, 0.05) is 30.2 Å². The topological polar surface area (TPSA) is 71.0 Å². The molecule has 0 saturated carbocycles. The number of sulfone groups is 1. The van der Waals surface area contributed by atoms with Crippen LogP contribution in [0.4, 0.5) is 0 Å². The van der Waals surface area contributed by atoms with Gasteiger partial charge in [-0.15, -0.1) is 0 Å². The maximum Gasteiger partial charge on any atom is 0.194 e. The van der Waals surface area contributed by atoms with Gasteiger partial charge in [-0.2, -0.15) is 0 Å². The van der Waals surface area contributed by atoms with Crippen LogP contribution in [0.1, 0.15) is 26.3 Å². The number of rotatable bonds is 4. The molecule has 1 aliphatic heterocycles. The van der Waals surface area contributed by atoms with Crippen LogP contribution < -0.4 is 10.1 Å². The van der Waals surface area contributed by atoms with Gasteiger partial charge in [0.15, 0.2) is 15.8 Å². The molecule has 1 aromatic carbocycles. The number of nitrogens with one attached hydrogen (secondary N) is 1. The van der Waals surface area contributed by atoms with Crippen molar-refractivity contribution in [3.05, 3.63) is 28.8 Å². The standard InChI is InChI=1S/C17H26ClN3O3S/c1-5-19-16(21-8-9-25(22,23)17(2,3)12-21)20-11-13-6-7-14(18)10-15(13)24-4/h6-7,10H,5,8-9,11-12H2,1-4H3,(H,19,20). The molecule has 1 aliphatic rings. The molecule has 1 saturated heterocycles. The second-order valence-electron chi connectivity index (χ2n) is 6.63. The van der Waals surface area contributed by atoms with Crippen molar-refractivity contribution in [3.8, 4) is 5.75 Å². The van der Waals surface area contributed by atoms with Gasteiger partial charge in [-0.1, -0.05) is 17.7 Å². The molecular formula is C17H26ClN3O3S. The highest BCUT2D eigenvalue weighted by atomic mass is 35.5. The third kappa shape index (κ3) is 4.58. The molecule has 6 nitrogen and oxygen atoms in total. The Morgan fingerprint density at radius 3 is 2.76 bits per heavy atom. The van der Waals surface area contributed by atoms with Crippen molar-refractivity contribution in [1.82, 2.24) is 10.2 Å². The van der Waals surface area contributed by atoms with Crippen molar-refractivity contribution >= 4 is 27.4 Å². The average molecular weight is 388 g/mol. The maximum absolute atomic E-state index is 12.2. The zero-order valence-corrected chi connectivity index (χ0v) is 16.7. The van der Waals surface area contributed by atoms with Crippen LogP contribution in [0.15, 0.2) is 23.2 Å². The van der Waals surface area contributed by atoms with E-state index in [9.17, 15) is 8.42 Å². The predicted octanol–water partition coefficient (Wildman–Crippen LogP) is 2.32. The molecule has 0 bridgehead atoms. The van der Waals surface area contributed by atoms with E-state index >= 15 is 0 Å². The number of hydrogen-bond acceptors (Lipinski definition) is 4. The van der Waals surface area contributed by atoms with Crippen LogP contribution in [0.3, 0.4) is 0 Å². The molecule has 0 aromatic heterocycles. The fourth-order valence-electron chi connectivity index (χ4n) is 2.76. The van der Waals surface area contributed by atoms with Crippen LogP contribution in [0.2, 0.25) is 5.02 Å². The molecule has 1 fully saturated rings. The molecule has 2 rings (SSSR count). The van der Waals surface area contributed by atoms with Crippen molar-refractivity contribution < 1.29 is 13.2 Å². The Balaban J connectivity index is 2.22. The summed E-state index contributed by atoms with van der Waals surface area (Å²) in [7, 11) is -1.48. The van der Waals surface area contributed by atoms with E-state index < -0.39 is 14.6 Å². The number of ether oxygens (including phenoxy) is 1. The second kappa shape index (κ2) is 7.83. The van der Waals surface area contributed by atoms with E-state index in [2.05, 4.69) is 10.3 Å². The molecule has 1 aromatic rings. The van der Waals surface area contributed by atoms with Gasteiger partial charge < -0.3 is 15.0 Å². The largest absolute Gasteiger partial charge is 0.496 e. The molecule has 8 heteroatoms. The molecule has 0 spiro atoms. The number of aliphatic imine (C=N–C) groups is 1. The minimum Gasteiger partial charge on any atom is -0.496 e. The monoisotopic (exact) mass is 387 g/mol. The average Bonchev–Trinajstić information content (AvgIpc) is 2.55. The van der Waals surface area contributed by atoms with Gasteiger partial charge in [-0.05, 0) is 32.9 Å². The van der Waals surface area contributed by atoms with Gasteiger partial charge in [0.05, 0.1) is 24.2 Å². The molecule has 1 heterocycles. The number of nitrogens with zero attached hydrogens (tertiary/aromatic N) is 2. The highest BCUT2D eigenvalue weighted by molar-refractivity contribution is 7.92. The number of hydrogen-bond donors (Lipinski definition) is 1. The maximum atomic E-state index is 12.2. The molecule has 0 aliphatic carbocycles. The van der Waals surface area contributed by atoms with Crippen molar-refractivity contribution in [1.29, 1.82) is 0 Å². The second-order valence-corrected chi connectivity index (χ2v) is 9.81. The van der Waals surface area contributed by atoms with Crippen LogP contribution in [0.5, 0.6) is 5.75 Å². The highest BCUT2D eigenvalue weighted by Crippen LogP contribution is 2.25. The van der Waals surface area contributed by atoms with Gasteiger partial charge in [0.2, 0.25) is 0 Å². The molecule has 0 amide bonds. The summed E-state index contributed by atoms with van der Waals surface area (Å²) in [5.41, 5.74) is 0.922. The molecule has 140 valence electrons. The van der Waals surface area contributed by atoms with E-state index in [0.29, 0.717) is 42.9 Å². The Morgan fingerprint density at radius 1 is 1.44 bits per heavy atom. The van der Waals surface area contributed by atoms with E-state index in [4.69, 9.17) is 16.3 Å². The fraction of sp³-hybridized carbons (Fsp3) is 0.588. The predicted molar refractivity (Wildman–Crippen MR) is 102 cm³/mol. The van der Waals surface area contributed by atoms with Gasteiger partial charge in [0.25, 0.3) is 0 Å². The van der Waals surface area contributed by atoms with E-state index in [1.54, 1.807) is 33.1 Å². The van der Waals surface area contributed by atoms with Crippen molar-refractivity contribution in [2.75, 3.05) is 32.5 Å². The number of guanidine groups is 1. The van der Waals surface area contributed by atoms with E-state index in [1.165, 1.54) is 0 Å². The molecule has 1 N–H and O–H groups in total. The Bertz CT molecular complexity index is 748. The van der Waals surface area contributed by atoms with Gasteiger partial charge in [0.1, 0.15) is 5.75 Å². The van der Waals surface area contributed by atoms with Crippen molar-refractivity contribution in [3.63, 3.8) is 0 Å². The summed E-state index contributed by atoms with van der Waals surface area (Å²) >= 11 is 5.99. The smallest absolute Gasteiger partial charge is 0.194 e. The summed E-state index contributed by atoms with van der Waals surface area (Å²) in [6, 6.07) is 5.45. The minimum atomic E-state index is -3.08. The summed E-state index contributed by atoms with van der Waals surface area (Å²) in [5, 5.41) is 3.86. The number of benzene rings is 1. The Labute approximate surface area is 155 Å². The normalized spacial score (nSPS) is 19.6. The van der Waals surface area contributed by atoms with Gasteiger partial charge >= 0.3 is 0 Å². The fourth-order valence-corrected chi connectivity index (χ4v) is 4.29. The van der Waals surface area contributed by atoms with Crippen LogP contribution in [-0.2, 0) is 16.4 Å². The molecule has 0 unspecified atom stereocenters. The lowest BCUT2D eigenvalue weighted by atomic mass is 10.2. The lowest BCUT2D eigenvalue weighted by Crippen LogP contribution is -2.57. The lowest BCUT2D eigenvalue weighted by molar-refractivity contribution is 0.353. The third-order valence-corrected chi connectivity index (χ3v) is 7.09. The van der Waals surface area contributed by atoms with Crippen LogP contribution in [0.25, 0.3) is 0 Å². The summed E-state index contributed by atoms with van der Waals surface area (Å²) in [5.74, 6) is 1.53. The first-order valence-electron chi connectivity index (χ1n) is 8.28. The summed E-state index contributed by atoms with van der Waals surface area (Å²) in [4.78, 5) is 6.68.